The number of nitrogens with one attached hydrogen (secondary N) is 1. The summed E-state index contributed by atoms with van der Waals surface area (Å²) in [5.74, 6) is -0.101. The van der Waals surface area contributed by atoms with E-state index < -0.39 is 15.9 Å². The zero-order valence-corrected chi connectivity index (χ0v) is 17.8. The quantitative estimate of drug-likeness (QED) is 0.441. The maximum atomic E-state index is 12.5. The number of halogens is 1. The van der Waals surface area contributed by atoms with Crippen LogP contribution in [-0.4, -0.2) is 58.3 Å². The standard InChI is InChI=1S/C18H22ClN3O6S/c1-22(27-3)29(24,25)16-11-13(6-7-15(16)19)17(23)21-12-14-5-4-8-20-18(14)28-10-9-26-2/h4-8,11H,9-10,12H2,1-3H3,(H,21,23). The zero-order chi connectivity index (χ0) is 21.4. The topological polar surface area (TPSA) is 107 Å². The van der Waals surface area contributed by atoms with Gasteiger partial charge in [-0.1, -0.05) is 22.1 Å². The molecule has 0 aliphatic heterocycles. The third-order valence-electron chi connectivity index (χ3n) is 3.88. The van der Waals surface area contributed by atoms with Crippen LogP contribution in [0.3, 0.4) is 0 Å². The molecule has 0 aliphatic carbocycles. The fourth-order valence-corrected chi connectivity index (χ4v) is 3.74. The van der Waals surface area contributed by atoms with Gasteiger partial charge in [-0.2, -0.15) is 0 Å². The second kappa shape index (κ2) is 10.5. The Morgan fingerprint density at radius 3 is 2.69 bits per heavy atom. The van der Waals surface area contributed by atoms with Crippen LogP contribution in [0.4, 0.5) is 0 Å². The molecule has 1 heterocycles. The highest BCUT2D eigenvalue weighted by molar-refractivity contribution is 7.89. The van der Waals surface area contributed by atoms with E-state index in [1.165, 1.54) is 32.4 Å². The van der Waals surface area contributed by atoms with Crippen LogP contribution in [-0.2, 0) is 26.1 Å². The summed E-state index contributed by atoms with van der Waals surface area (Å²) in [6.45, 7) is 0.859. The highest BCUT2D eigenvalue weighted by atomic mass is 35.5. The van der Waals surface area contributed by atoms with Crippen molar-refractivity contribution in [2.75, 3.05) is 34.5 Å². The minimum absolute atomic E-state index is 0.0217. The van der Waals surface area contributed by atoms with E-state index in [4.69, 9.17) is 25.9 Å². The highest BCUT2D eigenvalue weighted by Gasteiger charge is 2.25. The third kappa shape index (κ3) is 5.87. The van der Waals surface area contributed by atoms with Crippen molar-refractivity contribution in [3.63, 3.8) is 0 Å². The molecule has 1 N–H and O–H groups in total. The number of hydroxylamine groups is 1. The van der Waals surface area contributed by atoms with Crippen LogP contribution in [0.2, 0.25) is 5.02 Å². The van der Waals surface area contributed by atoms with Crippen LogP contribution in [0.1, 0.15) is 15.9 Å². The van der Waals surface area contributed by atoms with Gasteiger partial charge >= 0.3 is 0 Å². The highest BCUT2D eigenvalue weighted by Crippen LogP contribution is 2.25. The van der Waals surface area contributed by atoms with Crippen molar-refractivity contribution >= 4 is 27.5 Å². The predicted octanol–water partition coefficient (Wildman–Crippen LogP) is 1.87. The van der Waals surface area contributed by atoms with E-state index in [-0.39, 0.29) is 22.0 Å². The second-order valence-corrected chi connectivity index (χ2v) is 8.05. The number of sulfonamides is 1. The first-order valence-corrected chi connectivity index (χ1v) is 10.3. The lowest BCUT2D eigenvalue weighted by atomic mass is 10.2. The number of amides is 1. The number of carbonyl (C=O) groups excluding carboxylic acids is 1. The molecule has 158 valence electrons. The average Bonchev–Trinajstić information content (AvgIpc) is 2.72. The van der Waals surface area contributed by atoms with E-state index in [2.05, 4.69) is 10.3 Å². The van der Waals surface area contributed by atoms with Crippen molar-refractivity contribution in [3.8, 4) is 5.88 Å². The number of ether oxygens (including phenoxy) is 2. The van der Waals surface area contributed by atoms with Gasteiger partial charge in [-0.3, -0.25) is 9.63 Å². The SMILES string of the molecule is COCCOc1ncccc1CNC(=O)c1ccc(Cl)c(S(=O)(=O)N(C)OC)c1. The molecule has 29 heavy (non-hydrogen) atoms. The lowest BCUT2D eigenvalue weighted by Crippen LogP contribution is -2.27. The summed E-state index contributed by atoms with van der Waals surface area (Å²) in [7, 11) is -0.00309. The van der Waals surface area contributed by atoms with Crippen LogP contribution in [0.5, 0.6) is 5.88 Å². The van der Waals surface area contributed by atoms with Crippen LogP contribution in [0.25, 0.3) is 0 Å². The minimum atomic E-state index is -4.01. The Bertz CT molecular complexity index is 954. The number of aromatic nitrogens is 1. The molecule has 1 amide bonds. The summed E-state index contributed by atoms with van der Waals surface area (Å²) in [5, 5.41) is 2.69. The largest absolute Gasteiger partial charge is 0.475 e. The van der Waals surface area contributed by atoms with Gasteiger partial charge in [0.05, 0.1) is 18.7 Å². The number of rotatable bonds is 10. The van der Waals surface area contributed by atoms with Crippen molar-refractivity contribution in [1.82, 2.24) is 14.8 Å². The van der Waals surface area contributed by atoms with Gasteiger partial charge in [0, 0.05) is 38.0 Å². The summed E-state index contributed by atoms with van der Waals surface area (Å²) >= 11 is 6.01. The monoisotopic (exact) mass is 443 g/mol. The van der Waals surface area contributed by atoms with Gasteiger partial charge in [-0.05, 0) is 24.3 Å². The Morgan fingerprint density at radius 2 is 2.00 bits per heavy atom. The van der Waals surface area contributed by atoms with Crippen molar-refractivity contribution in [1.29, 1.82) is 0 Å². The van der Waals surface area contributed by atoms with Crippen LogP contribution < -0.4 is 10.1 Å². The summed E-state index contributed by atoms with van der Waals surface area (Å²) in [6.07, 6.45) is 1.58. The molecule has 0 bridgehead atoms. The van der Waals surface area contributed by atoms with Crippen LogP contribution in [0, 0.1) is 0 Å². The molecule has 1 aromatic carbocycles. The van der Waals surface area contributed by atoms with Crippen molar-refractivity contribution in [2.45, 2.75) is 11.4 Å². The van der Waals surface area contributed by atoms with E-state index in [1.807, 2.05) is 0 Å². The summed E-state index contributed by atoms with van der Waals surface area (Å²) in [5.41, 5.74) is 0.793. The number of pyridine rings is 1. The summed E-state index contributed by atoms with van der Waals surface area (Å²) < 4.78 is 36.0. The fraction of sp³-hybridized carbons (Fsp3) is 0.333. The van der Waals surface area contributed by atoms with E-state index in [9.17, 15) is 13.2 Å². The minimum Gasteiger partial charge on any atom is -0.475 e. The van der Waals surface area contributed by atoms with Gasteiger partial charge in [-0.15, -0.1) is 0 Å². The van der Waals surface area contributed by atoms with Gasteiger partial charge in [0.2, 0.25) is 5.88 Å². The van der Waals surface area contributed by atoms with Gasteiger partial charge < -0.3 is 14.8 Å². The first-order valence-electron chi connectivity index (χ1n) is 8.47. The predicted molar refractivity (Wildman–Crippen MR) is 106 cm³/mol. The Kier molecular flexibility index (Phi) is 8.35. The third-order valence-corrected chi connectivity index (χ3v) is 6.04. The molecule has 0 saturated carbocycles. The van der Waals surface area contributed by atoms with E-state index >= 15 is 0 Å². The molecule has 0 spiro atoms. The smallest absolute Gasteiger partial charge is 0.266 e. The molecular formula is C18H22ClN3O6S. The van der Waals surface area contributed by atoms with Gasteiger partial charge in [-0.25, -0.2) is 13.4 Å². The van der Waals surface area contributed by atoms with E-state index in [0.717, 1.165) is 0 Å². The Labute approximate surface area is 174 Å². The molecule has 0 fully saturated rings. The number of benzene rings is 1. The van der Waals surface area contributed by atoms with Crippen molar-refractivity contribution in [2.24, 2.45) is 0 Å². The Hall–Kier alpha value is -2.24. The van der Waals surface area contributed by atoms with Crippen LogP contribution >= 0.6 is 11.6 Å². The molecule has 0 saturated heterocycles. The molecule has 0 atom stereocenters. The average molecular weight is 444 g/mol. The Balaban J connectivity index is 2.16. The first-order chi connectivity index (χ1) is 13.8. The van der Waals surface area contributed by atoms with Crippen molar-refractivity contribution < 1.29 is 27.5 Å². The lowest BCUT2D eigenvalue weighted by molar-refractivity contribution is -0.0258. The first kappa shape index (κ1) is 23.0. The summed E-state index contributed by atoms with van der Waals surface area (Å²) in [6, 6.07) is 7.46. The number of methoxy groups -OCH3 is 1. The number of carbonyl (C=O) groups is 1. The van der Waals surface area contributed by atoms with Gasteiger partial charge in [0.1, 0.15) is 11.5 Å². The zero-order valence-electron chi connectivity index (χ0n) is 16.2. The fourth-order valence-electron chi connectivity index (χ4n) is 2.27. The molecule has 0 aliphatic rings. The molecule has 0 radical (unpaired) electrons. The molecule has 2 aromatic rings. The maximum absolute atomic E-state index is 12.5. The van der Waals surface area contributed by atoms with Gasteiger partial charge in [0.25, 0.3) is 15.9 Å². The lowest BCUT2D eigenvalue weighted by Gasteiger charge is -2.16. The normalized spacial score (nSPS) is 11.5. The molecule has 9 nitrogen and oxygen atoms in total. The summed E-state index contributed by atoms with van der Waals surface area (Å²) in [4.78, 5) is 21.2. The Morgan fingerprint density at radius 1 is 1.24 bits per heavy atom. The van der Waals surface area contributed by atoms with Crippen molar-refractivity contribution in [3.05, 3.63) is 52.7 Å². The number of hydrogen-bond donors (Lipinski definition) is 1. The van der Waals surface area contributed by atoms with Crippen LogP contribution in [0.15, 0.2) is 41.4 Å². The molecule has 0 unspecified atom stereocenters. The maximum Gasteiger partial charge on any atom is 0.266 e. The molecule has 11 heteroatoms. The second-order valence-electron chi connectivity index (χ2n) is 5.73. The van der Waals surface area contributed by atoms with Gasteiger partial charge in [0.15, 0.2) is 0 Å². The molecule has 1 aromatic heterocycles. The molecule has 2 rings (SSSR count). The van der Waals surface area contributed by atoms with E-state index in [0.29, 0.717) is 29.1 Å². The number of nitrogens with zero attached hydrogens (tertiary/aromatic N) is 2. The number of hydrogen-bond acceptors (Lipinski definition) is 7. The molecular weight excluding hydrogens is 422 g/mol. The van der Waals surface area contributed by atoms with E-state index in [1.54, 1.807) is 25.4 Å².